The summed E-state index contributed by atoms with van der Waals surface area (Å²) in [5.74, 6) is -1.03. The molecule has 1 saturated heterocycles. The fraction of sp³-hybridized carbons (Fsp3) is 0.273. The third-order valence-corrected chi connectivity index (χ3v) is 3.79. The van der Waals surface area contributed by atoms with E-state index < -0.39 is 23.3 Å². The zero-order valence-corrected chi connectivity index (χ0v) is 10.6. The summed E-state index contributed by atoms with van der Waals surface area (Å²) >= 11 is 3.06. The van der Waals surface area contributed by atoms with E-state index in [4.69, 9.17) is 4.74 Å². The van der Waals surface area contributed by atoms with E-state index in [0.29, 0.717) is 5.56 Å². The Balaban J connectivity index is 2.22. The van der Waals surface area contributed by atoms with Crippen molar-refractivity contribution in [3.63, 3.8) is 0 Å². The molecule has 2 heterocycles. The number of halogens is 2. The third-order valence-electron chi connectivity index (χ3n) is 3.17. The molecule has 3 amide bonds. The van der Waals surface area contributed by atoms with Gasteiger partial charge in [0.1, 0.15) is 0 Å². The van der Waals surface area contributed by atoms with E-state index in [-0.39, 0.29) is 23.2 Å². The molecule has 1 unspecified atom stereocenters. The van der Waals surface area contributed by atoms with Crippen molar-refractivity contribution in [2.24, 2.45) is 0 Å². The van der Waals surface area contributed by atoms with E-state index >= 15 is 0 Å². The fourth-order valence-electron chi connectivity index (χ4n) is 2.31. The van der Waals surface area contributed by atoms with E-state index in [1.54, 1.807) is 6.07 Å². The van der Waals surface area contributed by atoms with E-state index in [0.717, 1.165) is 0 Å². The van der Waals surface area contributed by atoms with E-state index in [1.807, 2.05) is 0 Å². The van der Waals surface area contributed by atoms with Crippen LogP contribution in [0.25, 0.3) is 0 Å². The van der Waals surface area contributed by atoms with Crippen LogP contribution in [0.5, 0.6) is 5.75 Å². The number of carbonyl (C=O) groups excluding carboxylic acids is 2. The molecule has 1 spiro atoms. The normalized spacial score (nSPS) is 25.4. The number of hydrogen-bond acceptors (Lipinski definition) is 3. The van der Waals surface area contributed by atoms with Gasteiger partial charge in [-0.1, -0.05) is 6.07 Å². The van der Waals surface area contributed by atoms with Gasteiger partial charge >= 0.3 is 6.03 Å². The van der Waals surface area contributed by atoms with Gasteiger partial charge in [0.25, 0.3) is 5.91 Å². The molecule has 0 aromatic heterocycles. The molecule has 1 fully saturated rings. The van der Waals surface area contributed by atoms with Crippen LogP contribution in [0.15, 0.2) is 16.6 Å². The SMILES string of the molecule is O=C1NC(=O)C2(CCOc3c2ccc(Br)c3F)N1. The van der Waals surface area contributed by atoms with E-state index in [1.165, 1.54) is 6.07 Å². The molecule has 3 rings (SSSR count). The van der Waals surface area contributed by atoms with Crippen molar-refractivity contribution in [1.29, 1.82) is 0 Å². The van der Waals surface area contributed by atoms with Gasteiger partial charge in [-0.25, -0.2) is 9.18 Å². The summed E-state index contributed by atoms with van der Waals surface area (Å²) in [6.45, 7) is 0.161. The van der Waals surface area contributed by atoms with Crippen molar-refractivity contribution in [1.82, 2.24) is 10.6 Å². The minimum atomic E-state index is -1.22. The van der Waals surface area contributed by atoms with Crippen LogP contribution in [0.4, 0.5) is 9.18 Å². The van der Waals surface area contributed by atoms with Crippen molar-refractivity contribution >= 4 is 27.9 Å². The van der Waals surface area contributed by atoms with Crippen molar-refractivity contribution in [2.75, 3.05) is 6.61 Å². The van der Waals surface area contributed by atoms with Gasteiger partial charge in [-0.3, -0.25) is 10.1 Å². The first-order chi connectivity index (χ1) is 8.54. The smallest absolute Gasteiger partial charge is 0.322 e. The minimum absolute atomic E-state index is 0.00738. The third kappa shape index (κ3) is 1.37. The highest BCUT2D eigenvalue weighted by Gasteiger charge is 2.51. The standard InChI is InChI=1S/C11H8BrFN2O3/c12-6-2-1-5-8(7(6)13)18-4-3-11(5)9(16)14-10(17)15-11/h1-2H,3-4H2,(H2,14,15,16,17). The molecular formula is C11H8BrFN2O3. The summed E-state index contributed by atoms with van der Waals surface area (Å²) in [4.78, 5) is 23.2. The minimum Gasteiger partial charge on any atom is -0.490 e. The second-order valence-electron chi connectivity index (χ2n) is 4.15. The van der Waals surface area contributed by atoms with Gasteiger partial charge in [0.05, 0.1) is 11.1 Å². The predicted octanol–water partition coefficient (Wildman–Crippen LogP) is 1.41. The Morgan fingerprint density at radius 1 is 1.39 bits per heavy atom. The Labute approximate surface area is 110 Å². The van der Waals surface area contributed by atoms with Crippen LogP contribution in [-0.2, 0) is 10.3 Å². The summed E-state index contributed by atoms with van der Waals surface area (Å²) in [5, 5.41) is 4.73. The van der Waals surface area contributed by atoms with Gasteiger partial charge in [-0.2, -0.15) is 0 Å². The highest BCUT2D eigenvalue weighted by atomic mass is 79.9. The maximum Gasteiger partial charge on any atom is 0.322 e. The molecule has 2 aliphatic heterocycles. The van der Waals surface area contributed by atoms with Crippen LogP contribution in [0.3, 0.4) is 0 Å². The van der Waals surface area contributed by atoms with Gasteiger partial charge in [0.15, 0.2) is 17.1 Å². The molecule has 0 bridgehead atoms. The van der Waals surface area contributed by atoms with Crippen LogP contribution in [0.2, 0.25) is 0 Å². The number of carbonyl (C=O) groups is 2. The molecule has 1 aromatic rings. The molecule has 18 heavy (non-hydrogen) atoms. The second-order valence-corrected chi connectivity index (χ2v) is 5.00. The fourth-order valence-corrected chi connectivity index (χ4v) is 2.62. The number of nitrogens with one attached hydrogen (secondary N) is 2. The summed E-state index contributed by atoms with van der Waals surface area (Å²) < 4.78 is 19.4. The quantitative estimate of drug-likeness (QED) is 0.711. The van der Waals surface area contributed by atoms with Crippen LogP contribution < -0.4 is 15.4 Å². The molecule has 94 valence electrons. The van der Waals surface area contributed by atoms with E-state index in [9.17, 15) is 14.0 Å². The van der Waals surface area contributed by atoms with Crippen molar-refractivity contribution in [2.45, 2.75) is 12.0 Å². The number of benzene rings is 1. The first-order valence-electron chi connectivity index (χ1n) is 5.29. The average molecular weight is 315 g/mol. The molecule has 0 radical (unpaired) electrons. The number of hydrogen-bond donors (Lipinski definition) is 2. The molecule has 2 N–H and O–H groups in total. The van der Waals surface area contributed by atoms with E-state index in [2.05, 4.69) is 26.6 Å². The molecule has 5 nitrogen and oxygen atoms in total. The van der Waals surface area contributed by atoms with Gasteiger partial charge in [-0.15, -0.1) is 0 Å². The zero-order valence-electron chi connectivity index (χ0n) is 9.05. The molecule has 0 saturated carbocycles. The van der Waals surface area contributed by atoms with Crippen LogP contribution >= 0.6 is 15.9 Å². The summed E-state index contributed by atoms with van der Waals surface area (Å²) in [6.07, 6.45) is 0.276. The Kier molecular flexibility index (Phi) is 2.34. The van der Waals surface area contributed by atoms with Crippen LogP contribution in [0.1, 0.15) is 12.0 Å². The predicted molar refractivity (Wildman–Crippen MR) is 62.6 cm³/mol. The molecular weight excluding hydrogens is 307 g/mol. The van der Waals surface area contributed by atoms with Gasteiger partial charge in [0, 0.05) is 12.0 Å². The number of ether oxygens (including phenoxy) is 1. The molecule has 0 aliphatic carbocycles. The molecule has 7 heteroatoms. The molecule has 1 atom stereocenters. The number of rotatable bonds is 0. The lowest BCUT2D eigenvalue weighted by Crippen LogP contribution is -2.47. The maximum atomic E-state index is 13.9. The van der Waals surface area contributed by atoms with Crippen molar-refractivity contribution in [3.8, 4) is 5.75 Å². The lowest BCUT2D eigenvalue weighted by Gasteiger charge is -2.32. The monoisotopic (exact) mass is 314 g/mol. The van der Waals surface area contributed by atoms with Gasteiger partial charge in [-0.05, 0) is 22.0 Å². The Hall–Kier alpha value is -1.63. The number of imide groups is 1. The number of amides is 3. The summed E-state index contributed by atoms with van der Waals surface area (Å²) in [5.41, 5.74) is -0.871. The Morgan fingerprint density at radius 2 is 2.17 bits per heavy atom. The maximum absolute atomic E-state index is 13.9. The largest absolute Gasteiger partial charge is 0.490 e. The first-order valence-corrected chi connectivity index (χ1v) is 6.09. The highest BCUT2D eigenvalue weighted by Crippen LogP contribution is 2.42. The number of fused-ring (bicyclic) bond motifs is 2. The average Bonchev–Trinajstić information content (AvgIpc) is 2.60. The van der Waals surface area contributed by atoms with Crippen molar-refractivity contribution < 1.29 is 18.7 Å². The van der Waals surface area contributed by atoms with Crippen LogP contribution in [0, 0.1) is 5.82 Å². The van der Waals surface area contributed by atoms with Gasteiger partial charge in [0.2, 0.25) is 0 Å². The first kappa shape index (κ1) is 11.5. The summed E-state index contributed by atoms with van der Waals surface area (Å²) in [7, 11) is 0. The zero-order chi connectivity index (χ0) is 12.9. The molecule has 1 aromatic carbocycles. The Morgan fingerprint density at radius 3 is 2.83 bits per heavy atom. The topological polar surface area (TPSA) is 67.4 Å². The van der Waals surface area contributed by atoms with Crippen molar-refractivity contribution in [3.05, 3.63) is 28.0 Å². The summed E-state index contributed by atoms with van der Waals surface area (Å²) in [6, 6.07) is 2.49. The number of urea groups is 1. The second kappa shape index (κ2) is 3.68. The highest BCUT2D eigenvalue weighted by molar-refractivity contribution is 9.10. The lowest BCUT2D eigenvalue weighted by atomic mass is 9.84. The van der Waals surface area contributed by atoms with Gasteiger partial charge < -0.3 is 10.1 Å². The molecule has 2 aliphatic rings. The lowest BCUT2D eigenvalue weighted by molar-refractivity contribution is -0.125. The van der Waals surface area contributed by atoms with Crippen LogP contribution in [-0.4, -0.2) is 18.5 Å². The Bertz CT molecular complexity index is 578.